The third kappa shape index (κ3) is 3.95. The molecule has 0 aliphatic rings. The summed E-state index contributed by atoms with van der Waals surface area (Å²) in [5.74, 6) is 0.479. The van der Waals surface area contributed by atoms with E-state index in [2.05, 4.69) is 29.8 Å². The van der Waals surface area contributed by atoms with E-state index in [9.17, 15) is 0 Å². The summed E-state index contributed by atoms with van der Waals surface area (Å²) in [6, 6.07) is 5.83. The van der Waals surface area contributed by atoms with Gasteiger partial charge in [0, 0.05) is 15.5 Å². The molecule has 0 fully saturated rings. The van der Waals surface area contributed by atoms with E-state index in [0.717, 1.165) is 21.5 Å². The fraction of sp³-hybridized carbons (Fsp3) is 0.455. The lowest BCUT2D eigenvalue weighted by molar-refractivity contribution is 0.455. The molecule has 2 atom stereocenters. The van der Waals surface area contributed by atoms with E-state index < -0.39 is 0 Å². The summed E-state index contributed by atoms with van der Waals surface area (Å²) in [5.41, 5.74) is 7.26. The van der Waals surface area contributed by atoms with Gasteiger partial charge in [-0.1, -0.05) is 53.9 Å². The maximum Gasteiger partial charge on any atom is 0.0417 e. The van der Waals surface area contributed by atoms with Crippen LogP contribution in [0.4, 0.5) is 0 Å². The Bertz CT molecular complexity index is 317. The van der Waals surface area contributed by atoms with Crippen LogP contribution in [0.15, 0.2) is 22.7 Å². The molecule has 4 heteroatoms. The van der Waals surface area contributed by atoms with Crippen LogP contribution in [0.1, 0.15) is 31.9 Å². The van der Waals surface area contributed by atoms with Crippen molar-refractivity contribution in [1.82, 2.24) is 0 Å². The molecule has 0 radical (unpaired) electrons. The van der Waals surface area contributed by atoms with E-state index in [4.69, 9.17) is 17.3 Å². The van der Waals surface area contributed by atoms with Crippen molar-refractivity contribution >= 4 is 39.9 Å². The Morgan fingerprint density at radius 1 is 1.47 bits per heavy atom. The third-order valence-electron chi connectivity index (χ3n) is 2.58. The lowest BCUT2D eigenvalue weighted by atomic mass is 9.93. The summed E-state index contributed by atoms with van der Waals surface area (Å²) in [5, 5.41) is 0.733. The highest BCUT2D eigenvalue weighted by molar-refractivity contribution is 9.10. The van der Waals surface area contributed by atoms with Crippen molar-refractivity contribution in [3.63, 3.8) is 0 Å². The topological polar surface area (TPSA) is 26.0 Å². The molecule has 0 spiro atoms. The number of rotatable bonds is 3. The highest BCUT2D eigenvalue weighted by Crippen LogP contribution is 2.30. The molecule has 0 aliphatic carbocycles. The SMILES string of the molecule is CCC(C)[C@H](N)c1ccc(Cl)cc1Br.Cl. The lowest BCUT2D eigenvalue weighted by Crippen LogP contribution is -2.18. The van der Waals surface area contributed by atoms with E-state index in [-0.39, 0.29) is 18.4 Å². The molecule has 0 aliphatic heterocycles. The standard InChI is InChI=1S/C11H15BrClN.ClH/c1-3-7(2)11(14)9-5-4-8(13)6-10(9)12;/h4-7,11H,3,14H2,1-2H3;1H/t7?,11-;/m0./s1. The van der Waals surface area contributed by atoms with Crippen LogP contribution in [0.25, 0.3) is 0 Å². The smallest absolute Gasteiger partial charge is 0.0417 e. The fourth-order valence-corrected chi connectivity index (χ4v) is 2.28. The number of benzene rings is 1. The van der Waals surface area contributed by atoms with Crippen LogP contribution >= 0.6 is 39.9 Å². The van der Waals surface area contributed by atoms with Gasteiger partial charge in [-0.2, -0.15) is 0 Å². The van der Waals surface area contributed by atoms with E-state index >= 15 is 0 Å². The molecule has 2 N–H and O–H groups in total. The van der Waals surface area contributed by atoms with E-state index in [1.807, 2.05) is 18.2 Å². The molecule has 15 heavy (non-hydrogen) atoms. The Balaban J connectivity index is 0.00000196. The normalized spacial score (nSPS) is 14.2. The molecule has 0 amide bonds. The van der Waals surface area contributed by atoms with E-state index in [0.29, 0.717) is 5.92 Å². The average Bonchev–Trinajstić information content (AvgIpc) is 2.15. The zero-order valence-corrected chi connectivity index (χ0v) is 12.0. The van der Waals surface area contributed by atoms with Crippen molar-refractivity contribution < 1.29 is 0 Å². The van der Waals surface area contributed by atoms with Gasteiger partial charge in [0.25, 0.3) is 0 Å². The number of hydrogen-bond donors (Lipinski definition) is 1. The molecular formula is C11H16BrCl2N. The molecule has 0 saturated carbocycles. The average molecular weight is 313 g/mol. The van der Waals surface area contributed by atoms with Gasteiger partial charge in [-0.25, -0.2) is 0 Å². The second-order valence-electron chi connectivity index (χ2n) is 3.58. The minimum absolute atomic E-state index is 0. The Hall–Kier alpha value is 0.240. The third-order valence-corrected chi connectivity index (χ3v) is 3.50. The first kappa shape index (κ1) is 15.2. The molecule has 1 unspecified atom stereocenters. The zero-order chi connectivity index (χ0) is 10.7. The van der Waals surface area contributed by atoms with Gasteiger partial charge in [-0.15, -0.1) is 12.4 Å². The van der Waals surface area contributed by atoms with Crippen molar-refractivity contribution in [2.75, 3.05) is 0 Å². The molecule has 0 heterocycles. The number of halogens is 3. The summed E-state index contributed by atoms with van der Waals surface area (Å²) in [6.45, 7) is 4.31. The molecule has 1 aromatic rings. The van der Waals surface area contributed by atoms with Crippen molar-refractivity contribution in [3.8, 4) is 0 Å². The highest BCUT2D eigenvalue weighted by Gasteiger charge is 2.15. The van der Waals surface area contributed by atoms with Crippen LogP contribution < -0.4 is 5.73 Å². The Morgan fingerprint density at radius 2 is 2.07 bits per heavy atom. The van der Waals surface area contributed by atoms with Crippen molar-refractivity contribution in [3.05, 3.63) is 33.3 Å². The summed E-state index contributed by atoms with van der Waals surface area (Å²) in [7, 11) is 0. The van der Waals surface area contributed by atoms with Crippen LogP contribution in [0.2, 0.25) is 5.02 Å². The first-order chi connectivity index (χ1) is 6.56. The lowest BCUT2D eigenvalue weighted by Gasteiger charge is -2.20. The maximum atomic E-state index is 6.13. The second-order valence-corrected chi connectivity index (χ2v) is 4.87. The van der Waals surface area contributed by atoms with Crippen LogP contribution in [0.5, 0.6) is 0 Å². The van der Waals surface area contributed by atoms with Crippen molar-refractivity contribution in [1.29, 1.82) is 0 Å². The van der Waals surface area contributed by atoms with Crippen LogP contribution in [0.3, 0.4) is 0 Å². The highest BCUT2D eigenvalue weighted by atomic mass is 79.9. The Kier molecular flexibility index (Phi) is 6.85. The molecule has 0 aromatic heterocycles. The molecule has 86 valence electrons. The molecule has 1 rings (SSSR count). The van der Waals surface area contributed by atoms with Crippen molar-refractivity contribution in [2.45, 2.75) is 26.3 Å². The van der Waals surface area contributed by atoms with Crippen molar-refractivity contribution in [2.24, 2.45) is 11.7 Å². The second kappa shape index (κ2) is 6.74. The van der Waals surface area contributed by atoms with Gasteiger partial charge in [-0.05, 0) is 23.6 Å². The van der Waals surface area contributed by atoms with Crippen LogP contribution in [-0.2, 0) is 0 Å². The Morgan fingerprint density at radius 3 is 2.53 bits per heavy atom. The Labute approximate surface area is 111 Å². The minimum Gasteiger partial charge on any atom is -0.324 e. The molecule has 0 saturated heterocycles. The molecular weight excluding hydrogens is 297 g/mol. The van der Waals surface area contributed by atoms with Gasteiger partial charge in [0.05, 0.1) is 0 Å². The number of nitrogens with two attached hydrogens (primary N) is 1. The van der Waals surface area contributed by atoms with Gasteiger partial charge in [-0.3, -0.25) is 0 Å². The van der Waals surface area contributed by atoms with Crippen LogP contribution in [0, 0.1) is 5.92 Å². The monoisotopic (exact) mass is 311 g/mol. The first-order valence-electron chi connectivity index (χ1n) is 4.76. The zero-order valence-electron chi connectivity index (χ0n) is 8.84. The van der Waals surface area contributed by atoms with Gasteiger partial charge < -0.3 is 5.73 Å². The van der Waals surface area contributed by atoms with Gasteiger partial charge in [0.1, 0.15) is 0 Å². The molecule has 0 bridgehead atoms. The first-order valence-corrected chi connectivity index (χ1v) is 5.94. The minimum atomic E-state index is 0. The van der Waals surface area contributed by atoms with Gasteiger partial charge in [0.15, 0.2) is 0 Å². The largest absolute Gasteiger partial charge is 0.324 e. The predicted octanol–water partition coefficient (Wildman–Crippen LogP) is 4.57. The van der Waals surface area contributed by atoms with Gasteiger partial charge >= 0.3 is 0 Å². The maximum absolute atomic E-state index is 6.13. The van der Waals surface area contributed by atoms with E-state index in [1.165, 1.54) is 0 Å². The molecule has 1 nitrogen and oxygen atoms in total. The summed E-state index contributed by atoms with van der Waals surface area (Å²) in [6.07, 6.45) is 1.08. The van der Waals surface area contributed by atoms with Gasteiger partial charge in [0.2, 0.25) is 0 Å². The fourth-order valence-electron chi connectivity index (χ4n) is 1.33. The van der Waals surface area contributed by atoms with Crippen LogP contribution in [-0.4, -0.2) is 0 Å². The summed E-state index contributed by atoms with van der Waals surface area (Å²) in [4.78, 5) is 0. The molecule has 1 aromatic carbocycles. The summed E-state index contributed by atoms with van der Waals surface area (Å²) >= 11 is 9.35. The van der Waals surface area contributed by atoms with E-state index in [1.54, 1.807) is 0 Å². The quantitative estimate of drug-likeness (QED) is 0.869. The number of hydrogen-bond acceptors (Lipinski definition) is 1. The summed E-state index contributed by atoms with van der Waals surface area (Å²) < 4.78 is 0.998. The predicted molar refractivity (Wildman–Crippen MR) is 72.8 cm³/mol.